The Labute approximate surface area is 114 Å². The highest BCUT2D eigenvalue weighted by Gasteiger charge is 2.12. The lowest BCUT2D eigenvalue weighted by molar-refractivity contribution is -0.121. The van der Waals surface area contributed by atoms with Crippen molar-refractivity contribution >= 4 is 5.91 Å². The van der Waals surface area contributed by atoms with Crippen molar-refractivity contribution in [3.8, 4) is 11.5 Å². The number of amides is 1. The van der Waals surface area contributed by atoms with Gasteiger partial charge < -0.3 is 14.8 Å². The van der Waals surface area contributed by atoms with E-state index in [9.17, 15) is 4.79 Å². The van der Waals surface area contributed by atoms with Gasteiger partial charge in [-0.15, -0.1) is 0 Å². The quantitative estimate of drug-likeness (QED) is 0.888. The number of hydrogen-bond acceptors (Lipinski definition) is 3. The van der Waals surface area contributed by atoms with Gasteiger partial charge in [0.2, 0.25) is 5.91 Å². The molecule has 19 heavy (non-hydrogen) atoms. The lowest BCUT2D eigenvalue weighted by Gasteiger charge is -2.19. The molecule has 0 saturated heterocycles. The van der Waals surface area contributed by atoms with Crippen LogP contribution in [0.2, 0.25) is 0 Å². The number of fused-ring (bicyclic) bond motifs is 1. The summed E-state index contributed by atoms with van der Waals surface area (Å²) in [4.78, 5) is 11.6. The highest BCUT2D eigenvalue weighted by molar-refractivity contribution is 5.75. The molecule has 0 fully saturated rings. The first kappa shape index (κ1) is 13.7. The van der Waals surface area contributed by atoms with Crippen molar-refractivity contribution < 1.29 is 14.3 Å². The first-order chi connectivity index (χ1) is 9.15. The molecule has 0 radical (unpaired) electrons. The molecule has 1 aliphatic rings. The lowest BCUT2D eigenvalue weighted by Crippen LogP contribution is -2.23. The number of carbonyl (C=O) groups excluding carboxylic acids is 1. The van der Waals surface area contributed by atoms with E-state index in [0.717, 1.165) is 23.5 Å². The summed E-state index contributed by atoms with van der Waals surface area (Å²) in [7, 11) is 0. The van der Waals surface area contributed by atoms with Crippen molar-refractivity contribution in [2.45, 2.75) is 33.2 Å². The second kappa shape index (κ2) is 6.45. The largest absolute Gasteiger partial charge is 0.486 e. The molecule has 0 saturated carbocycles. The van der Waals surface area contributed by atoms with Crippen molar-refractivity contribution in [1.82, 2.24) is 5.32 Å². The topological polar surface area (TPSA) is 47.6 Å². The summed E-state index contributed by atoms with van der Waals surface area (Å²) in [5, 5.41) is 2.93. The average molecular weight is 263 g/mol. The third-order valence-electron chi connectivity index (χ3n) is 3.05. The van der Waals surface area contributed by atoms with Crippen LogP contribution < -0.4 is 14.8 Å². The fourth-order valence-corrected chi connectivity index (χ4v) is 1.91. The Bertz CT molecular complexity index is 443. The third-order valence-corrected chi connectivity index (χ3v) is 3.05. The molecule has 2 rings (SSSR count). The number of carbonyl (C=O) groups is 1. The Morgan fingerprint density at radius 1 is 1.26 bits per heavy atom. The standard InChI is InChI=1S/C15H21NO3/c1-11(2)3-6-15(17)16-10-12-4-5-13-14(9-12)19-8-7-18-13/h4-5,9,11H,3,6-8,10H2,1-2H3,(H,16,17). The highest BCUT2D eigenvalue weighted by Crippen LogP contribution is 2.30. The molecular formula is C15H21NO3. The van der Waals surface area contributed by atoms with Crippen molar-refractivity contribution in [2.75, 3.05) is 13.2 Å². The molecule has 104 valence electrons. The van der Waals surface area contributed by atoms with E-state index in [4.69, 9.17) is 9.47 Å². The molecule has 0 unspecified atom stereocenters. The zero-order chi connectivity index (χ0) is 13.7. The maximum atomic E-state index is 11.6. The van der Waals surface area contributed by atoms with Crippen molar-refractivity contribution in [3.63, 3.8) is 0 Å². The molecule has 1 aromatic rings. The molecule has 1 heterocycles. The zero-order valence-corrected chi connectivity index (χ0v) is 11.6. The summed E-state index contributed by atoms with van der Waals surface area (Å²) in [5.41, 5.74) is 1.03. The van der Waals surface area contributed by atoms with Crippen LogP contribution in [0.25, 0.3) is 0 Å². The van der Waals surface area contributed by atoms with E-state index in [0.29, 0.717) is 32.1 Å². The van der Waals surface area contributed by atoms with Crippen molar-refractivity contribution in [2.24, 2.45) is 5.92 Å². The van der Waals surface area contributed by atoms with Gasteiger partial charge in [0.15, 0.2) is 11.5 Å². The van der Waals surface area contributed by atoms with Crippen molar-refractivity contribution in [3.05, 3.63) is 23.8 Å². The van der Waals surface area contributed by atoms with Crippen LogP contribution in [0.15, 0.2) is 18.2 Å². The van der Waals surface area contributed by atoms with Gasteiger partial charge in [-0.05, 0) is 30.0 Å². The van der Waals surface area contributed by atoms with Crippen LogP contribution in [0.1, 0.15) is 32.3 Å². The van der Waals surface area contributed by atoms with E-state index in [2.05, 4.69) is 19.2 Å². The summed E-state index contributed by atoms with van der Waals surface area (Å²) < 4.78 is 11.0. The van der Waals surface area contributed by atoms with Gasteiger partial charge in [0.05, 0.1) is 0 Å². The fraction of sp³-hybridized carbons (Fsp3) is 0.533. The Hall–Kier alpha value is -1.71. The fourth-order valence-electron chi connectivity index (χ4n) is 1.91. The smallest absolute Gasteiger partial charge is 0.220 e. The van der Waals surface area contributed by atoms with E-state index in [-0.39, 0.29) is 5.91 Å². The van der Waals surface area contributed by atoms with Crippen LogP contribution in [-0.2, 0) is 11.3 Å². The molecule has 4 heteroatoms. The Kier molecular flexibility index (Phi) is 4.66. The molecule has 0 bridgehead atoms. The van der Waals surface area contributed by atoms with Gasteiger partial charge in [-0.25, -0.2) is 0 Å². The zero-order valence-electron chi connectivity index (χ0n) is 11.6. The van der Waals surface area contributed by atoms with Gasteiger partial charge in [0.1, 0.15) is 13.2 Å². The molecular weight excluding hydrogens is 242 g/mol. The number of nitrogens with one attached hydrogen (secondary N) is 1. The molecule has 0 atom stereocenters. The Morgan fingerprint density at radius 2 is 2.00 bits per heavy atom. The van der Waals surface area contributed by atoms with E-state index < -0.39 is 0 Å². The number of rotatable bonds is 5. The third kappa shape index (κ3) is 4.16. The number of benzene rings is 1. The first-order valence-electron chi connectivity index (χ1n) is 6.80. The summed E-state index contributed by atoms with van der Waals surface area (Å²) in [5.74, 6) is 2.20. The minimum absolute atomic E-state index is 0.101. The van der Waals surface area contributed by atoms with Crippen LogP contribution in [-0.4, -0.2) is 19.1 Å². The maximum Gasteiger partial charge on any atom is 0.220 e. The van der Waals surface area contributed by atoms with Crippen LogP contribution in [0.3, 0.4) is 0 Å². The van der Waals surface area contributed by atoms with E-state index in [1.54, 1.807) is 0 Å². The molecule has 0 aromatic heterocycles. The molecule has 0 spiro atoms. The van der Waals surface area contributed by atoms with Crippen LogP contribution >= 0.6 is 0 Å². The van der Waals surface area contributed by atoms with Gasteiger partial charge >= 0.3 is 0 Å². The molecule has 1 aliphatic heterocycles. The minimum Gasteiger partial charge on any atom is -0.486 e. The molecule has 1 amide bonds. The highest BCUT2D eigenvalue weighted by atomic mass is 16.6. The second-order valence-electron chi connectivity index (χ2n) is 5.19. The van der Waals surface area contributed by atoms with Gasteiger partial charge in [-0.2, -0.15) is 0 Å². The van der Waals surface area contributed by atoms with Crippen LogP contribution in [0.5, 0.6) is 11.5 Å². The summed E-state index contributed by atoms with van der Waals surface area (Å²) in [6.45, 7) is 5.95. The predicted molar refractivity (Wildman–Crippen MR) is 73.4 cm³/mol. The SMILES string of the molecule is CC(C)CCC(=O)NCc1ccc2c(c1)OCCO2. The molecule has 1 aromatic carbocycles. The minimum atomic E-state index is 0.101. The van der Waals surface area contributed by atoms with E-state index in [1.807, 2.05) is 18.2 Å². The van der Waals surface area contributed by atoms with Gasteiger partial charge in [-0.3, -0.25) is 4.79 Å². The Morgan fingerprint density at radius 3 is 2.74 bits per heavy atom. The van der Waals surface area contributed by atoms with Gasteiger partial charge in [0.25, 0.3) is 0 Å². The second-order valence-corrected chi connectivity index (χ2v) is 5.19. The monoisotopic (exact) mass is 263 g/mol. The summed E-state index contributed by atoms with van der Waals surface area (Å²) >= 11 is 0. The average Bonchev–Trinajstić information content (AvgIpc) is 2.42. The normalized spacial score (nSPS) is 13.4. The molecule has 1 N–H and O–H groups in total. The Balaban J connectivity index is 1.84. The number of ether oxygens (including phenoxy) is 2. The number of hydrogen-bond donors (Lipinski definition) is 1. The molecule has 4 nitrogen and oxygen atoms in total. The van der Waals surface area contributed by atoms with Gasteiger partial charge in [-0.1, -0.05) is 19.9 Å². The van der Waals surface area contributed by atoms with Crippen molar-refractivity contribution in [1.29, 1.82) is 0 Å². The maximum absolute atomic E-state index is 11.6. The van der Waals surface area contributed by atoms with Crippen LogP contribution in [0.4, 0.5) is 0 Å². The van der Waals surface area contributed by atoms with Gasteiger partial charge in [0, 0.05) is 13.0 Å². The van der Waals surface area contributed by atoms with Crippen LogP contribution in [0, 0.1) is 5.92 Å². The lowest BCUT2D eigenvalue weighted by atomic mass is 10.1. The predicted octanol–water partition coefficient (Wildman–Crippen LogP) is 2.51. The molecule has 0 aliphatic carbocycles. The van der Waals surface area contributed by atoms with E-state index in [1.165, 1.54) is 0 Å². The van der Waals surface area contributed by atoms with E-state index >= 15 is 0 Å². The summed E-state index contributed by atoms with van der Waals surface area (Å²) in [6.07, 6.45) is 1.51. The summed E-state index contributed by atoms with van der Waals surface area (Å²) in [6, 6.07) is 5.78. The first-order valence-corrected chi connectivity index (χ1v) is 6.80.